The summed E-state index contributed by atoms with van der Waals surface area (Å²) in [5.74, 6) is 3.97. The molecule has 5 heteroatoms. The summed E-state index contributed by atoms with van der Waals surface area (Å²) < 4.78 is 0. The first-order valence-electron chi connectivity index (χ1n) is 7.80. The molecule has 3 aliphatic rings. The first-order valence-corrected chi connectivity index (χ1v) is 9.60. The van der Waals surface area contributed by atoms with Gasteiger partial charge in [0.2, 0.25) is 0 Å². The first-order chi connectivity index (χ1) is 9.69. The lowest BCUT2D eigenvalue weighted by molar-refractivity contribution is -0.127. The highest BCUT2D eigenvalue weighted by molar-refractivity contribution is 7.98. The van der Waals surface area contributed by atoms with Gasteiger partial charge in [0, 0.05) is 6.54 Å². The highest BCUT2D eigenvalue weighted by Crippen LogP contribution is 2.49. The number of thioether (sulfide) groups is 1. The zero-order valence-electron chi connectivity index (χ0n) is 12.1. The summed E-state index contributed by atoms with van der Waals surface area (Å²) in [6.07, 6.45) is 9.79. The van der Waals surface area contributed by atoms with Gasteiger partial charge in [-0.05, 0) is 74.1 Å². The zero-order chi connectivity index (χ0) is 14.1. The normalized spacial score (nSPS) is 36.0. The largest absolute Gasteiger partial charge is 0.350 e. The lowest BCUT2D eigenvalue weighted by Gasteiger charge is -2.24. The van der Waals surface area contributed by atoms with Crippen molar-refractivity contribution in [3.8, 4) is 0 Å². The van der Waals surface area contributed by atoms with Gasteiger partial charge in [0.05, 0.1) is 0 Å². The van der Waals surface area contributed by atoms with Crippen LogP contribution in [0, 0.1) is 17.8 Å². The molecule has 1 heterocycles. The van der Waals surface area contributed by atoms with Gasteiger partial charge in [-0.25, -0.2) is 0 Å². The fourth-order valence-corrected chi connectivity index (χ4v) is 5.04. The standard InChI is InChI=1S/C15H24N2OS2/c1-20-7-5-13-14(18)17(15(19)16-13)6-4-12-9-10-2-3-11(12)8-10/h10-13H,2-9H2,1H3,(H,16,19)/t10-,11-,12+,13-/m0/s1. The molecule has 0 aromatic heterocycles. The molecule has 0 aromatic rings. The van der Waals surface area contributed by atoms with Gasteiger partial charge in [0.15, 0.2) is 5.11 Å². The maximum Gasteiger partial charge on any atom is 0.251 e. The van der Waals surface area contributed by atoms with Crippen LogP contribution in [0.3, 0.4) is 0 Å². The number of nitrogens with one attached hydrogen (secondary N) is 1. The van der Waals surface area contributed by atoms with Crippen LogP contribution in [0.1, 0.15) is 38.5 Å². The zero-order valence-corrected chi connectivity index (χ0v) is 13.8. The van der Waals surface area contributed by atoms with Crippen LogP contribution in [-0.2, 0) is 4.79 Å². The van der Waals surface area contributed by atoms with Gasteiger partial charge < -0.3 is 5.32 Å². The second kappa shape index (κ2) is 6.22. The molecule has 3 rings (SSSR count). The number of rotatable bonds is 6. The maximum atomic E-state index is 12.4. The molecule has 2 saturated carbocycles. The van der Waals surface area contributed by atoms with Crippen LogP contribution in [0.2, 0.25) is 0 Å². The molecule has 3 nitrogen and oxygen atoms in total. The van der Waals surface area contributed by atoms with Gasteiger partial charge in [-0.15, -0.1) is 0 Å². The molecule has 0 spiro atoms. The topological polar surface area (TPSA) is 32.3 Å². The number of nitrogens with zero attached hydrogens (tertiary/aromatic N) is 1. The Morgan fingerprint density at radius 1 is 1.35 bits per heavy atom. The lowest BCUT2D eigenvalue weighted by atomic mass is 9.86. The summed E-state index contributed by atoms with van der Waals surface area (Å²) in [6, 6.07) is -0.0741. The van der Waals surface area contributed by atoms with Crippen LogP contribution in [0.4, 0.5) is 0 Å². The number of hydrogen-bond acceptors (Lipinski definition) is 3. The number of fused-ring (bicyclic) bond motifs is 2. The molecule has 2 aliphatic carbocycles. The monoisotopic (exact) mass is 312 g/mol. The molecule has 1 N–H and O–H groups in total. The van der Waals surface area contributed by atoms with Crippen molar-refractivity contribution in [2.45, 2.75) is 44.6 Å². The first kappa shape index (κ1) is 14.6. The predicted molar refractivity (Wildman–Crippen MR) is 87.8 cm³/mol. The molecule has 0 aromatic carbocycles. The van der Waals surface area contributed by atoms with E-state index in [1.54, 1.807) is 11.8 Å². The lowest BCUT2D eigenvalue weighted by Crippen LogP contribution is -2.33. The minimum Gasteiger partial charge on any atom is -0.350 e. The summed E-state index contributed by atoms with van der Waals surface area (Å²) in [7, 11) is 0. The summed E-state index contributed by atoms with van der Waals surface area (Å²) in [5.41, 5.74) is 0. The molecular formula is C15H24N2OS2. The van der Waals surface area contributed by atoms with Crippen LogP contribution >= 0.6 is 24.0 Å². The minimum atomic E-state index is -0.0741. The van der Waals surface area contributed by atoms with Gasteiger partial charge in [0.25, 0.3) is 5.91 Å². The Kier molecular flexibility index (Phi) is 4.55. The Bertz CT molecular complexity index is 401. The second-order valence-corrected chi connectivity index (χ2v) is 7.87. The molecule has 20 heavy (non-hydrogen) atoms. The Labute approximate surface area is 131 Å². The molecular weight excluding hydrogens is 288 g/mol. The van der Waals surface area contributed by atoms with E-state index < -0.39 is 0 Å². The van der Waals surface area contributed by atoms with E-state index in [1.165, 1.54) is 25.7 Å². The Balaban J connectivity index is 1.50. The molecule has 4 atom stereocenters. The van der Waals surface area contributed by atoms with Gasteiger partial charge in [-0.1, -0.05) is 6.42 Å². The molecule has 2 bridgehead atoms. The summed E-state index contributed by atoms with van der Waals surface area (Å²) >= 11 is 7.12. The van der Waals surface area contributed by atoms with E-state index in [0.29, 0.717) is 5.11 Å². The minimum absolute atomic E-state index is 0.0741. The summed E-state index contributed by atoms with van der Waals surface area (Å²) in [5, 5.41) is 3.85. The molecule has 112 valence electrons. The highest BCUT2D eigenvalue weighted by atomic mass is 32.2. The third kappa shape index (κ3) is 2.84. The SMILES string of the molecule is CSCC[C@@H]1NC(=S)N(CC[C@@H]2C[C@H]3CC[C@H]2C3)C1=O. The van der Waals surface area contributed by atoms with E-state index >= 15 is 0 Å². The van der Waals surface area contributed by atoms with Crippen molar-refractivity contribution >= 4 is 35.0 Å². The van der Waals surface area contributed by atoms with E-state index in [1.807, 2.05) is 4.90 Å². The average molecular weight is 313 g/mol. The van der Waals surface area contributed by atoms with Gasteiger partial charge in [0.1, 0.15) is 6.04 Å². The van der Waals surface area contributed by atoms with E-state index in [0.717, 1.165) is 42.9 Å². The number of hydrogen-bond donors (Lipinski definition) is 1. The smallest absolute Gasteiger partial charge is 0.251 e. The molecule has 3 fully saturated rings. The van der Waals surface area contributed by atoms with Crippen molar-refractivity contribution in [1.29, 1.82) is 0 Å². The molecule has 1 aliphatic heterocycles. The Morgan fingerprint density at radius 2 is 2.20 bits per heavy atom. The van der Waals surface area contributed by atoms with Gasteiger partial charge >= 0.3 is 0 Å². The van der Waals surface area contributed by atoms with Crippen molar-refractivity contribution in [2.75, 3.05) is 18.6 Å². The molecule has 1 saturated heterocycles. The fraction of sp³-hybridized carbons (Fsp3) is 0.867. The van der Waals surface area contributed by atoms with Crippen LogP contribution in [0.5, 0.6) is 0 Å². The van der Waals surface area contributed by atoms with Crippen LogP contribution in [0.15, 0.2) is 0 Å². The van der Waals surface area contributed by atoms with Crippen molar-refractivity contribution in [3.05, 3.63) is 0 Å². The number of thiocarbonyl (C=S) groups is 1. The third-order valence-corrected chi connectivity index (χ3v) is 6.31. The Morgan fingerprint density at radius 3 is 2.85 bits per heavy atom. The second-order valence-electron chi connectivity index (χ2n) is 6.50. The van der Waals surface area contributed by atoms with E-state index in [-0.39, 0.29) is 11.9 Å². The average Bonchev–Trinajstić information content (AvgIpc) is 3.11. The van der Waals surface area contributed by atoms with Crippen molar-refractivity contribution < 1.29 is 4.79 Å². The number of amides is 1. The highest BCUT2D eigenvalue weighted by Gasteiger charge is 2.40. The van der Waals surface area contributed by atoms with Gasteiger partial charge in [-0.3, -0.25) is 9.69 Å². The van der Waals surface area contributed by atoms with Crippen molar-refractivity contribution in [1.82, 2.24) is 10.2 Å². The van der Waals surface area contributed by atoms with E-state index in [2.05, 4.69) is 11.6 Å². The van der Waals surface area contributed by atoms with Crippen molar-refractivity contribution in [2.24, 2.45) is 17.8 Å². The summed E-state index contributed by atoms with van der Waals surface area (Å²) in [6.45, 7) is 0.828. The quantitative estimate of drug-likeness (QED) is 0.764. The molecule has 0 unspecified atom stereocenters. The third-order valence-electron chi connectivity index (χ3n) is 5.33. The van der Waals surface area contributed by atoms with Crippen molar-refractivity contribution in [3.63, 3.8) is 0 Å². The molecule has 0 radical (unpaired) electrons. The number of carbonyl (C=O) groups is 1. The fourth-order valence-electron chi connectivity index (χ4n) is 4.24. The van der Waals surface area contributed by atoms with Crippen LogP contribution in [0.25, 0.3) is 0 Å². The Hall–Kier alpha value is -0.290. The van der Waals surface area contributed by atoms with Crippen LogP contribution in [-0.4, -0.2) is 40.5 Å². The van der Waals surface area contributed by atoms with Crippen LogP contribution < -0.4 is 5.32 Å². The maximum absolute atomic E-state index is 12.4. The molecule has 1 amide bonds. The van der Waals surface area contributed by atoms with E-state index in [4.69, 9.17) is 12.2 Å². The predicted octanol–water partition coefficient (Wildman–Crippen LogP) is 2.65. The summed E-state index contributed by atoms with van der Waals surface area (Å²) in [4.78, 5) is 14.2. The number of carbonyl (C=O) groups excluding carboxylic acids is 1. The van der Waals surface area contributed by atoms with Gasteiger partial charge in [-0.2, -0.15) is 11.8 Å². The van der Waals surface area contributed by atoms with E-state index in [9.17, 15) is 4.79 Å².